The van der Waals surface area contributed by atoms with Gasteiger partial charge in [0.2, 0.25) is 17.6 Å². The van der Waals surface area contributed by atoms with E-state index in [2.05, 4.69) is 14.5 Å². The first-order valence-electron chi connectivity index (χ1n) is 7.73. The van der Waals surface area contributed by atoms with Gasteiger partial charge in [-0.15, -0.1) is 0 Å². The van der Waals surface area contributed by atoms with Gasteiger partial charge in [-0.3, -0.25) is 9.13 Å². The van der Waals surface area contributed by atoms with Crippen LogP contribution in [0.5, 0.6) is 5.88 Å². The molecule has 0 radical (unpaired) electrons. The highest BCUT2D eigenvalue weighted by molar-refractivity contribution is 7.09. The van der Waals surface area contributed by atoms with Crippen LogP contribution in [0.1, 0.15) is 12.8 Å². The van der Waals surface area contributed by atoms with Crippen molar-refractivity contribution in [2.45, 2.75) is 20.0 Å². The van der Waals surface area contributed by atoms with Crippen LogP contribution in [0.3, 0.4) is 0 Å². The summed E-state index contributed by atoms with van der Waals surface area (Å²) in [7, 11) is 1.55. The quantitative estimate of drug-likeness (QED) is 0.545. The van der Waals surface area contributed by atoms with Crippen LogP contribution in [0.4, 0.5) is 0 Å². The van der Waals surface area contributed by atoms with Crippen molar-refractivity contribution in [2.75, 3.05) is 7.11 Å². The van der Waals surface area contributed by atoms with E-state index in [1.54, 1.807) is 22.3 Å². The zero-order valence-electron chi connectivity index (χ0n) is 13.7. The number of imidazole rings is 1. The Bertz CT molecular complexity index is 1090. The summed E-state index contributed by atoms with van der Waals surface area (Å²) in [6, 6.07) is 9.41. The summed E-state index contributed by atoms with van der Waals surface area (Å²) in [6.07, 6.45) is 0. The van der Waals surface area contributed by atoms with E-state index in [1.165, 1.54) is 11.5 Å². The number of methoxy groups -OCH3 is 1. The molecule has 8 nitrogen and oxygen atoms in total. The smallest absolute Gasteiger partial charge is 0.329 e. The summed E-state index contributed by atoms with van der Waals surface area (Å²) in [6.45, 7) is 2.76. The Balaban J connectivity index is 1.71. The van der Waals surface area contributed by atoms with Crippen LogP contribution in [0, 0.1) is 0 Å². The molecule has 1 aromatic carbocycles. The highest BCUT2D eigenvalue weighted by Crippen LogP contribution is 2.25. The predicted octanol–water partition coefficient (Wildman–Crippen LogP) is 2.39. The third-order valence-corrected chi connectivity index (χ3v) is 4.69. The highest BCUT2D eigenvalue weighted by Gasteiger charge is 2.16. The molecular weight excluding hydrogens is 342 g/mol. The zero-order chi connectivity index (χ0) is 17.4. The largest absolute Gasteiger partial charge is 0.480 e. The first-order valence-corrected chi connectivity index (χ1v) is 8.50. The molecule has 4 aromatic rings. The number of aryl methyl sites for hydroxylation is 1. The average molecular weight is 357 g/mol. The number of aromatic nitrogens is 5. The van der Waals surface area contributed by atoms with E-state index in [4.69, 9.17) is 9.26 Å². The van der Waals surface area contributed by atoms with Crippen molar-refractivity contribution in [2.24, 2.45) is 0 Å². The van der Waals surface area contributed by atoms with Gasteiger partial charge in [0.1, 0.15) is 6.54 Å². The Hall–Kier alpha value is -2.94. The highest BCUT2D eigenvalue weighted by atomic mass is 32.1. The minimum Gasteiger partial charge on any atom is -0.480 e. The molecule has 0 saturated heterocycles. The molecule has 4 rings (SSSR count). The standard InChI is InChI=1S/C16H15N5O3S/c1-3-20-10-6-4-5-7-11(10)21(16(20)22)9-14-17-15(18-24-14)12-8-13(23-2)19-25-12/h4-8H,3,9H2,1-2H3. The van der Waals surface area contributed by atoms with Gasteiger partial charge in [-0.2, -0.15) is 9.36 Å². The van der Waals surface area contributed by atoms with Crippen molar-refractivity contribution in [1.29, 1.82) is 0 Å². The van der Waals surface area contributed by atoms with E-state index < -0.39 is 0 Å². The van der Waals surface area contributed by atoms with Crippen molar-refractivity contribution < 1.29 is 9.26 Å². The Morgan fingerprint density at radius 1 is 1.24 bits per heavy atom. The molecule has 0 spiro atoms. The van der Waals surface area contributed by atoms with Gasteiger partial charge in [0.05, 0.1) is 23.0 Å². The van der Waals surface area contributed by atoms with Crippen LogP contribution < -0.4 is 10.4 Å². The molecule has 0 N–H and O–H groups in total. The Morgan fingerprint density at radius 2 is 2.00 bits per heavy atom. The summed E-state index contributed by atoms with van der Waals surface area (Å²) < 4.78 is 17.9. The molecule has 128 valence electrons. The molecule has 25 heavy (non-hydrogen) atoms. The zero-order valence-corrected chi connectivity index (χ0v) is 14.5. The van der Waals surface area contributed by atoms with E-state index in [-0.39, 0.29) is 12.2 Å². The maximum absolute atomic E-state index is 12.7. The molecule has 9 heteroatoms. The summed E-state index contributed by atoms with van der Waals surface area (Å²) in [4.78, 5) is 17.8. The lowest BCUT2D eigenvalue weighted by molar-refractivity contribution is 0.371. The molecule has 3 heterocycles. The maximum Gasteiger partial charge on any atom is 0.329 e. The summed E-state index contributed by atoms with van der Waals surface area (Å²) in [5.41, 5.74) is 1.64. The van der Waals surface area contributed by atoms with Crippen molar-refractivity contribution in [1.82, 2.24) is 23.6 Å². The minimum absolute atomic E-state index is 0.0945. The molecule has 0 unspecified atom stereocenters. The second kappa shape index (κ2) is 6.17. The van der Waals surface area contributed by atoms with Gasteiger partial charge in [0.25, 0.3) is 0 Å². The monoisotopic (exact) mass is 357 g/mol. The number of benzene rings is 1. The number of para-hydroxylation sites is 2. The lowest BCUT2D eigenvalue weighted by atomic mass is 10.3. The summed E-state index contributed by atoms with van der Waals surface area (Å²) in [5, 5.41) is 3.97. The number of nitrogens with zero attached hydrogens (tertiary/aromatic N) is 5. The second-order valence-electron chi connectivity index (χ2n) is 5.35. The second-order valence-corrected chi connectivity index (χ2v) is 6.15. The van der Waals surface area contributed by atoms with Gasteiger partial charge in [-0.1, -0.05) is 17.3 Å². The molecule has 0 atom stereocenters. The van der Waals surface area contributed by atoms with Crippen molar-refractivity contribution in [3.63, 3.8) is 0 Å². The molecule has 0 saturated carbocycles. The van der Waals surface area contributed by atoms with Crippen LogP contribution in [0.15, 0.2) is 39.6 Å². The molecule has 3 aromatic heterocycles. The van der Waals surface area contributed by atoms with Gasteiger partial charge in [-0.25, -0.2) is 4.79 Å². The topological polar surface area (TPSA) is 88.0 Å². The molecule has 0 aliphatic rings. The van der Waals surface area contributed by atoms with Crippen molar-refractivity contribution >= 4 is 22.6 Å². The van der Waals surface area contributed by atoms with Crippen LogP contribution in [0.25, 0.3) is 21.7 Å². The van der Waals surface area contributed by atoms with Crippen molar-refractivity contribution in [3.8, 4) is 16.6 Å². The molecule has 0 amide bonds. The normalized spacial score (nSPS) is 11.3. The Morgan fingerprint density at radius 3 is 2.68 bits per heavy atom. The molecular formula is C16H15N5O3S. The minimum atomic E-state index is -0.0945. The van der Waals surface area contributed by atoms with Crippen LogP contribution in [-0.4, -0.2) is 30.8 Å². The van der Waals surface area contributed by atoms with Crippen LogP contribution >= 0.6 is 11.5 Å². The fourth-order valence-corrected chi connectivity index (χ4v) is 3.38. The van der Waals surface area contributed by atoms with Crippen molar-refractivity contribution in [3.05, 3.63) is 46.7 Å². The van der Waals surface area contributed by atoms with Gasteiger partial charge in [0, 0.05) is 12.6 Å². The van der Waals surface area contributed by atoms with E-state index in [0.717, 1.165) is 15.9 Å². The lowest BCUT2D eigenvalue weighted by Crippen LogP contribution is -2.24. The average Bonchev–Trinajstić information content (AvgIpc) is 3.34. The fraction of sp³-hybridized carbons (Fsp3) is 0.250. The number of hydrogen-bond acceptors (Lipinski definition) is 7. The van der Waals surface area contributed by atoms with E-state index >= 15 is 0 Å². The third-order valence-electron chi connectivity index (χ3n) is 3.92. The van der Waals surface area contributed by atoms with Gasteiger partial charge < -0.3 is 9.26 Å². The van der Waals surface area contributed by atoms with Gasteiger partial charge in [0.15, 0.2) is 0 Å². The third kappa shape index (κ3) is 2.62. The molecule has 0 fully saturated rings. The fourth-order valence-electron chi connectivity index (χ4n) is 2.75. The lowest BCUT2D eigenvalue weighted by Gasteiger charge is -1.97. The number of rotatable bonds is 5. The van der Waals surface area contributed by atoms with E-state index in [9.17, 15) is 4.79 Å². The molecule has 0 aliphatic carbocycles. The van der Waals surface area contributed by atoms with Crippen LogP contribution in [-0.2, 0) is 13.1 Å². The summed E-state index contributed by atoms with van der Waals surface area (Å²) in [5.74, 6) is 1.31. The number of fused-ring (bicyclic) bond motifs is 1. The first kappa shape index (κ1) is 15.6. The Labute approximate surface area is 146 Å². The Kier molecular flexibility index (Phi) is 3.85. The summed E-state index contributed by atoms with van der Waals surface area (Å²) >= 11 is 1.23. The maximum atomic E-state index is 12.7. The predicted molar refractivity (Wildman–Crippen MR) is 92.9 cm³/mol. The van der Waals surface area contributed by atoms with E-state index in [1.807, 2.05) is 31.2 Å². The number of hydrogen-bond donors (Lipinski definition) is 0. The van der Waals surface area contributed by atoms with E-state index in [0.29, 0.717) is 24.1 Å². The van der Waals surface area contributed by atoms with Gasteiger partial charge >= 0.3 is 5.69 Å². The van der Waals surface area contributed by atoms with Gasteiger partial charge in [-0.05, 0) is 30.6 Å². The number of ether oxygens (including phenoxy) is 1. The molecule has 0 bridgehead atoms. The SMILES string of the molecule is CCn1c(=O)n(Cc2nc(-c3cc(OC)ns3)no2)c2ccccc21. The molecule has 0 aliphatic heterocycles. The van der Waals surface area contributed by atoms with Crippen LogP contribution in [0.2, 0.25) is 0 Å². The first-order chi connectivity index (χ1) is 12.2.